The van der Waals surface area contributed by atoms with E-state index in [9.17, 15) is 32.9 Å². The average Bonchev–Trinajstić information content (AvgIpc) is 3.16. The van der Waals surface area contributed by atoms with E-state index in [0.29, 0.717) is 28.5 Å². The summed E-state index contributed by atoms with van der Waals surface area (Å²) in [5.41, 5.74) is -3.06. The molecule has 1 unspecified atom stereocenters. The van der Waals surface area contributed by atoms with E-state index in [4.69, 9.17) is 9.60 Å². The summed E-state index contributed by atoms with van der Waals surface area (Å²) in [5, 5.41) is 0.0857. The number of para-hydroxylation sites is 1. The Morgan fingerprint density at radius 1 is 1.00 bits per heavy atom. The maximum Gasteiger partial charge on any atom is 0.416 e. The summed E-state index contributed by atoms with van der Waals surface area (Å²) in [7, 11) is -2.99. The minimum Gasteiger partial charge on any atom is -0.383 e. The number of amides is 1. The molecule has 6 rings (SSSR count). The van der Waals surface area contributed by atoms with Crippen molar-refractivity contribution in [1.29, 1.82) is 0 Å². The molecule has 5 aromatic rings. The van der Waals surface area contributed by atoms with Crippen LogP contribution in [0, 0.1) is 11.6 Å². The number of rotatable bonds is 12. The zero-order chi connectivity index (χ0) is 44.7. The first-order valence-corrected chi connectivity index (χ1v) is 17.5. The van der Waals surface area contributed by atoms with Gasteiger partial charge >= 0.3 is 6.18 Å². The summed E-state index contributed by atoms with van der Waals surface area (Å²) in [6, 6.07) is 18.8. The quantitative estimate of drug-likeness (QED) is 0.0940. The lowest BCUT2D eigenvalue weighted by Crippen LogP contribution is -2.49. The topological polar surface area (TPSA) is 54.8 Å². The highest BCUT2D eigenvalue weighted by Gasteiger charge is 2.33. The number of carbonyl (C=O) groups excluding carboxylic acids is 1. The number of pyridine rings is 1. The third-order valence-corrected chi connectivity index (χ3v) is 10.1. The molecule has 0 N–H and O–H groups in total. The fourth-order valence-corrected chi connectivity index (χ4v) is 7.28. The highest BCUT2D eigenvalue weighted by Crippen LogP contribution is 2.34. The number of piperidine rings is 1. The van der Waals surface area contributed by atoms with Crippen LogP contribution in [0.25, 0.3) is 22.0 Å². The lowest BCUT2D eigenvalue weighted by atomic mass is 9.96. The number of hydrogen-bond acceptors (Lipinski definition) is 5. The number of nitrogens with zero attached hydrogens (tertiary/aromatic N) is 3. The van der Waals surface area contributed by atoms with Gasteiger partial charge in [-0.2, -0.15) is 13.2 Å². The minimum atomic E-state index is -4.52. The lowest BCUT2D eigenvalue weighted by Gasteiger charge is -2.42. The smallest absolute Gasteiger partial charge is 0.383 e. The fourth-order valence-electron chi connectivity index (χ4n) is 6.47. The molecule has 0 spiro atoms. The van der Waals surface area contributed by atoms with Gasteiger partial charge in [-0.15, -0.1) is 11.8 Å². The van der Waals surface area contributed by atoms with Crippen molar-refractivity contribution in [3.8, 4) is 11.1 Å². The van der Waals surface area contributed by atoms with Gasteiger partial charge in [0.05, 0.1) is 36.9 Å². The number of fused-ring (bicyclic) bond motifs is 1. The maximum absolute atomic E-state index is 15.0. The maximum atomic E-state index is 15.0. The van der Waals surface area contributed by atoms with Crippen LogP contribution in [0.5, 0.6) is 0 Å². The largest absolute Gasteiger partial charge is 0.416 e. The van der Waals surface area contributed by atoms with Crippen molar-refractivity contribution in [2.24, 2.45) is 0 Å². The number of ether oxygens (including phenoxy) is 1. The molecule has 0 bridgehead atoms. The Hall–Kier alpha value is -4.52. The Morgan fingerprint density at radius 2 is 1.68 bits per heavy atom. The summed E-state index contributed by atoms with van der Waals surface area (Å²) in [6.07, 6.45) is -4.13. The van der Waals surface area contributed by atoms with Crippen LogP contribution in [-0.2, 0) is 28.0 Å². The molecule has 1 aromatic heterocycles. The molecule has 1 aliphatic rings. The second-order valence-electron chi connectivity index (χ2n) is 12.5. The molecular formula is C41H40F5N3O3S. The van der Waals surface area contributed by atoms with Crippen molar-refractivity contribution >= 4 is 28.6 Å². The molecule has 1 amide bonds. The van der Waals surface area contributed by atoms with Crippen LogP contribution in [0.15, 0.2) is 107 Å². The highest BCUT2D eigenvalue weighted by molar-refractivity contribution is 7.98. The summed E-state index contributed by atoms with van der Waals surface area (Å²) < 4.78 is 140. The molecule has 1 aliphatic heterocycles. The van der Waals surface area contributed by atoms with Gasteiger partial charge in [-0.3, -0.25) is 9.59 Å². The molecule has 2 heterocycles. The van der Waals surface area contributed by atoms with Crippen molar-refractivity contribution in [1.82, 2.24) is 14.4 Å². The Bertz CT molecular complexity index is 2440. The predicted octanol–water partition coefficient (Wildman–Crippen LogP) is 8.96. The second-order valence-corrected chi connectivity index (χ2v) is 13.3. The molecule has 4 aromatic carbocycles. The normalized spacial score (nSPS) is 18.4. The zero-order valence-electron chi connectivity index (χ0n) is 36.4. The van der Waals surface area contributed by atoms with Crippen LogP contribution in [0.1, 0.15) is 53.4 Å². The third-order valence-electron chi connectivity index (χ3n) is 9.25. The van der Waals surface area contributed by atoms with Crippen molar-refractivity contribution in [2.45, 2.75) is 55.3 Å². The summed E-state index contributed by atoms with van der Waals surface area (Å²) in [4.78, 5) is 31.3. The number of halogens is 5. The Kier molecular flexibility index (Phi) is 9.09. The first-order valence-electron chi connectivity index (χ1n) is 20.7. The number of benzene rings is 4. The van der Waals surface area contributed by atoms with E-state index in [1.807, 2.05) is 0 Å². The molecule has 1 fully saturated rings. The molecule has 0 aliphatic carbocycles. The number of methoxy groups -OCH3 is 1. The van der Waals surface area contributed by atoms with E-state index < -0.39 is 84.7 Å². The monoisotopic (exact) mass is 757 g/mol. The Balaban J connectivity index is 1.37. The second kappa shape index (κ2) is 16.7. The molecular weight excluding hydrogens is 710 g/mol. The van der Waals surface area contributed by atoms with Gasteiger partial charge in [0.15, 0.2) is 17.1 Å². The van der Waals surface area contributed by atoms with Crippen LogP contribution in [-0.4, -0.2) is 59.5 Å². The number of hydrogen-bond donors (Lipinski definition) is 0. The highest BCUT2D eigenvalue weighted by atomic mass is 32.2. The number of carbonyl (C=O) groups is 1. The number of likely N-dealkylation sites (tertiary alicyclic amines) is 1. The molecule has 53 heavy (non-hydrogen) atoms. The number of alkyl halides is 3. The van der Waals surface area contributed by atoms with Gasteiger partial charge in [-0.25, -0.2) is 8.78 Å². The van der Waals surface area contributed by atoms with Gasteiger partial charge in [-0.05, 0) is 66.8 Å². The molecule has 1 saturated heterocycles. The van der Waals surface area contributed by atoms with Crippen LogP contribution in [0.2, 0.25) is 0 Å². The SMILES string of the molecule is [2H]C([2H])([2H])OC([2H])([2H])CN1CCC(N(C(=O)Cn2c(SC([2H])([2H])c3cccc(F)c3F)cc(=O)c3ccccc32)C([2H])(C)c2ccc(-c3ccc(C(F)(F)F)cc3)cc2)CC1. The summed E-state index contributed by atoms with van der Waals surface area (Å²) in [5.74, 6) is -3.36. The molecule has 0 saturated carbocycles. The average molecular weight is 758 g/mol. The van der Waals surface area contributed by atoms with Crippen molar-refractivity contribution < 1.29 is 42.4 Å². The van der Waals surface area contributed by atoms with E-state index in [1.165, 1.54) is 34.6 Å². The number of aromatic nitrogens is 1. The van der Waals surface area contributed by atoms with Crippen LogP contribution in [0.3, 0.4) is 0 Å². The molecule has 1 atom stereocenters. The molecule has 12 heteroatoms. The van der Waals surface area contributed by atoms with E-state index in [-0.39, 0.29) is 41.9 Å². The standard InChI is InChI=1S/C41H40F5N3O3S/c1-27(28-10-12-29(13-11-28)30-14-16-32(17-15-30)41(44,45)46)49(33-18-20-47(21-19-33)22-23-52-2)38(51)25-48-36-9-4-3-7-34(36)37(50)24-39(48)53-26-31-6-5-8-35(42)40(31)43/h3-17,24,27,33H,18-23,25-26H2,1-2H3/i2D3,23D2,26D2,27D. The molecule has 0 radical (unpaired) electrons. The first-order chi connectivity index (χ1) is 28.4. The van der Waals surface area contributed by atoms with Gasteiger partial charge < -0.3 is 19.1 Å². The van der Waals surface area contributed by atoms with Crippen LogP contribution in [0.4, 0.5) is 22.0 Å². The van der Waals surface area contributed by atoms with E-state index in [1.54, 1.807) is 47.4 Å². The predicted molar refractivity (Wildman–Crippen MR) is 198 cm³/mol. The lowest BCUT2D eigenvalue weighted by molar-refractivity contribution is -0.138. The van der Waals surface area contributed by atoms with Crippen molar-refractivity contribution in [3.05, 3.63) is 136 Å². The van der Waals surface area contributed by atoms with E-state index in [0.717, 1.165) is 36.4 Å². The minimum absolute atomic E-state index is 0.0930. The van der Waals surface area contributed by atoms with E-state index >= 15 is 0 Å². The number of thioether (sulfide) groups is 1. The first kappa shape index (κ1) is 28.9. The Labute approximate surface area is 320 Å². The fraction of sp³-hybridized carbons (Fsp3) is 0.317. The van der Waals surface area contributed by atoms with Gasteiger partial charge in [-0.1, -0.05) is 60.7 Å². The molecule has 6 nitrogen and oxygen atoms in total. The zero-order valence-corrected chi connectivity index (χ0v) is 29.2. The molecule has 278 valence electrons. The van der Waals surface area contributed by atoms with Crippen molar-refractivity contribution in [2.75, 3.05) is 33.2 Å². The summed E-state index contributed by atoms with van der Waals surface area (Å²) >= 11 is 0.397. The summed E-state index contributed by atoms with van der Waals surface area (Å²) in [6.45, 7) is -1.67. The third kappa shape index (κ3) is 8.83. The van der Waals surface area contributed by atoms with Crippen LogP contribution < -0.4 is 5.43 Å². The van der Waals surface area contributed by atoms with E-state index in [2.05, 4.69) is 4.74 Å². The van der Waals surface area contributed by atoms with Gasteiger partial charge in [0.2, 0.25) is 5.91 Å². The van der Waals surface area contributed by atoms with Crippen LogP contribution >= 0.6 is 11.8 Å². The Morgan fingerprint density at radius 3 is 2.36 bits per heavy atom. The van der Waals surface area contributed by atoms with Gasteiger partial charge in [0.25, 0.3) is 0 Å². The van der Waals surface area contributed by atoms with Crippen molar-refractivity contribution in [3.63, 3.8) is 0 Å². The van der Waals surface area contributed by atoms with Gasteiger partial charge in [0, 0.05) is 58.2 Å². The van der Waals surface area contributed by atoms with Gasteiger partial charge in [0.1, 0.15) is 6.54 Å².